The number of halogens is 3. The highest BCUT2D eigenvalue weighted by atomic mass is 35.5. The van der Waals surface area contributed by atoms with Crippen molar-refractivity contribution in [2.75, 3.05) is 0 Å². The molecule has 0 saturated heterocycles. The predicted molar refractivity (Wildman–Crippen MR) is 82.8 cm³/mol. The van der Waals surface area contributed by atoms with Gasteiger partial charge in [0.15, 0.2) is 0 Å². The Kier molecular flexibility index (Phi) is 4.65. The standard InChI is InChI=1S/C14H15Cl3N2O/c1-7(2)12-11(14(17)19(3)18-12)13(20)8-4-5-9(15)10(16)6-8/h4-7,13,20H,1-3H3. The minimum Gasteiger partial charge on any atom is -0.383 e. The Morgan fingerprint density at radius 1 is 1.15 bits per heavy atom. The average Bonchev–Trinajstić information content (AvgIpc) is 2.69. The van der Waals surface area contributed by atoms with Crippen molar-refractivity contribution in [3.8, 4) is 0 Å². The van der Waals surface area contributed by atoms with Crippen molar-refractivity contribution in [1.82, 2.24) is 9.78 Å². The molecule has 2 aromatic rings. The first-order valence-electron chi connectivity index (χ1n) is 6.18. The zero-order valence-corrected chi connectivity index (χ0v) is 13.6. The Balaban J connectivity index is 2.52. The minimum absolute atomic E-state index is 0.154. The Labute approximate surface area is 133 Å². The Morgan fingerprint density at radius 2 is 1.80 bits per heavy atom. The normalized spacial score (nSPS) is 13.0. The van der Waals surface area contributed by atoms with E-state index in [0.29, 0.717) is 26.3 Å². The fourth-order valence-corrected chi connectivity index (χ4v) is 2.61. The van der Waals surface area contributed by atoms with Gasteiger partial charge >= 0.3 is 0 Å². The number of aliphatic hydroxyl groups excluding tert-OH is 1. The first-order valence-corrected chi connectivity index (χ1v) is 7.31. The topological polar surface area (TPSA) is 38.0 Å². The molecule has 0 aliphatic heterocycles. The molecule has 0 fully saturated rings. The van der Waals surface area contributed by atoms with E-state index < -0.39 is 6.10 Å². The van der Waals surface area contributed by atoms with Crippen LogP contribution in [0, 0.1) is 0 Å². The van der Waals surface area contributed by atoms with Gasteiger partial charge in [0.05, 0.1) is 15.7 Å². The molecule has 1 N–H and O–H groups in total. The second-order valence-electron chi connectivity index (χ2n) is 4.94. The number of nitrogens with zero attached hydrogens (tertiary/aromatic N) is 2. The van der Waals surface area contributed by atoms with E-state index >= 15 is 0 Å². The van der Waals surface area contributed by atoms with Crippen LogP contribution in [0.4, 0.5) is 0 Å². The van der Waals surface area contributed by atoms with E-state index in [-0.39, 0.29) is 5.92 Å². The van der Waals surface area contributed by atoms with Gasteiger partial charge in [0.25, 0.3) is 0 Å². The molecule has 3 nitrogen and oxygen atoms in total. The van der Waals surface area contributed by atoms with Crippen LogP contribution >= 0.6 is 34.8 Å². The van der Waals surface area contributed by atoms with Crippen LogP contribution < -0.4 is 0 Å². The quantitative estimate of drug-likeness (QED) is 0.892. The molecular formula is C14H15Cl3N2O. The average molecular weight is 334 g/mol. The lowest BCUT2D eigenvalue weighted by Gasteiger charge is -2.14. The lowest BCUT2D eigenvalue weighted by Crippen LogP contribution is -2.04. The summed E-state index contributed by atoms with van der Waals surface area (Å²) >= 11 is 18.1. The molecule has 1 heterocycles. The zero-order chi connectivity index (χ0) is 15.0. The van der Waals surface area contributed by atoms with Crippen LogP contribution in [0.5, 0.6) is 0 Å². The summed E-state index contributed by atoms with van der Waals surface area (Å²) in [6.45, 7) is 4.01. The number of rotatable bonds is 3. The number of aliphatic hydroxyl groups is 1. The van der Waals surface area contributed by atoms with Crippen molar-refractivity contribution in [3.63, 3.8) is 0 Å². The fraction of sp³-hybridized carbons (Fsp3) is 0.357. The molecule has 1 unspecified atom stereocenters. The highest BCUT2D eigenvalue weighted by molar-refractivity contribution is 6.42. The fourth-order valence-electron chi connectivity index (χ4n) is 2.07. The number of hydrogen-bond acceptors (Lipinski definition) is 2. The summed E-state index contributed by atoms with van der Waals surface area (Å²) in [5, 5.41) is 16.2. The first-order chi connectivity index (χ1) is 9.32. The van der Waals surface area contributed by atoms with Gasteiger partial charge in [0.2, 0.25) is 0 Å². The van der Waals surface area contributed by atoms with Gasteiger partial charge in [0.1, 0.15) is 11.3 Å². The summed E-state index contributed by atoms with van der Waals surface area (Å²) in [5.74, 6) is 0.154. The Morgan fingerprint density at radius 3 is 2.35 bits per heavy atom. The van der Waals surface area contributed by atoms with E-state index in [0.717, 1.165) is 5.69 Å². The van der Waals surface area contributed by atoms with E-state index in [1.807, 2.05) is 13.8 Å². The summed E-state index contributed by atoms with van der Waals surface area (Å²) in [7, 11) is 1.75. The molecule has 6 heteroatoms. The van der Waals surface area contributed by atoms with Crippen LogP contribution in [0.1, 0.15) is 42.7 Å². The number of aryl methyl sites for hydroxylation is 1. The van der Waals surface area contributed by atoms with Crippen molar-refractivity contribution >= 4 is 34.8 Å². The van der Waals surface area contributed by atoms with Crippen LogP contribution in [-0.4, -0.2) is 14.9 Å². The van der Waals surface area contributed by atoms with Crippen molar-refractivity contribution in [1.29, 1.82) is 0 Å². The molecule has 0 spiro atoms. The predicted octanol–water partition coefficient (Wildman–Crippen LogP) is 4.59. The summed E-state index contributed by atoms with van der Waals surface area (Å²) in [6.07, 6.45) is -0.886. The van der Waals surface area contributed by atoms with Crippen LogP contribution in [0.2, 0.25) is 15.2 Å². The molecule has 0 saturated carbocycles. The van der Waals surface area contributed by atoms with Crippen LogP contribution in [-0.2, 0) is 7.05 Å². The maximum Gasteiger partial charge on any atom is 0.133 e. The van der Waals surface area contributed by atoms with E-state index in [9.17, 15) is 5.11 Å². The number of benzene rings is 1. The van der Waals surface area contributed by atoms with E-state index in [4.69, 9.17) is 34.8 Å². The van der Waals surface area contributed by atoms with Crippen molar-refractivity contribution in [2.45, 2.75) is 25.9 Å². The SMILES string of the molecule is CC(C)c1nn(C)c(Cl)c1C(O)c1ccc(Cl)c(Cl)c1. The largest absolute Gasteiger partial charge is 0.383 e. The molecule has 1 aromatic carbocycles. The van der Waals surface area contributed by atoms with Crippen LogP contribution in [0.25, 0.3) is 0 Å². The monoisotopic (exact) mass is 332 g/mol. The first kappa shape index (κ1) is 15.6. The van der Waals surface area contributed by atoms with Gasteiger partial charge < -0.3 is 5.11 Å². The summed E-state index contributed by atoms with van der Waals surface area (Å²) < 4.78 is 1.56. The number of hydrogen-bond donors (Lipinski definition) is 1. The maximum absolute atomic E-state index is 10.6. The lowest BCUT2D eigenvalue weighted by atomic mass is 9.97. The van der Waals surface area contributed by atoms with Crippen LogP contribution in [0.15, 0.2) is 18.2 Å². The molecule has 1 atom stereocenters. The van der Waals surface area contributed by atoms with Crippen molar-refractivity contribution in [2.24, 2.45) is 7.05 Å². The van der Waals surface area contributed by atoms with Gasteiger partial charge in [0, 0.05) is 12.6 Å². The number of aromatic nitrogens is 2. The second-order valence-corrected chi connectivity index (χ2v) is 6.12. The van der Waals surface area contributed by atoms with Gasteiger partial charge in [-0.3, -0.25) is 4.68 Å². The van der Waals surface area contributed by atoms with Gasteiger partial charge in [-0.1, -0.05) is 54.7 Å². The molecule has 0 amide bonds. The highest BCUT2D eigenvalue weighted by Crippen LogP contribution is 2.36. The zero-order valence-electron chi connectivity index (χ0n) is 11.4. The van der Waals surface area contributed by atoms with Gasteiger partial charge in [-0.15, -0.1) is 0 Å². The maximum atomic E-state index is 10.6. The third kappa shape index (κ3) is 2.82. The van der Waals surface area contributed by atoms with E-state index in [1.165, 1.54) is 0 Å². The molecule has 108 valence electrons. The third-order valence-electron chi connectivity index (χ3n) is 3.12. The van der Waals surface area contributed by atoms with E-state index in [2.05, 4.69) is 5.10 Å². The molecule has 0 aliphatic rings. The highest BCUT2D eigenvalue weighted by Gasteiger charge is 2.25. The van der Waals surface area contributed by atoms with E-state index in [1.54, 1.807) is 29.9 Å². The summed E-state index contributed by atoms with van der Waals surface area (Å²) in [6, 6.07) is 5.02. The van der Waals surface area contributed by atoms with Crippen molar-refractivity contribution < 1.29 is 5.11 Å². The van der Waals surface area contributed by atoms with Gasteiger partial charge in [-0.2, -0.15) is 5.10 Å². The molecule has 1 aromatic heterocycles. The Bertz CT molecular complexity index is 638. The smallest absolute Gasteiger partial charge is 0.133 e. The molecular weight excluding hydrogens is 319 g/mol. The minimum atomic E-state index is -0.886. The third-order valence-corrected chi connectivity index (χ3v) is 4.31. The molecule has 2 rings (SSSR count). The molecule has 0 aliphatic carbocycles. The summed E-state index contributed by atoms with van der Waals surface area (Å²) in [4.78, 5) is 0. The lowest BCUT2D eigenvalue weighted by molar-refractivity contribution is 0.219. The Hall–Kier alpha value is -0.740. The second kappa shape index (κ2) is 5.94. The van der Waals surface area contributed by atoms with Gasteiger partial charge in [-0.25, -0.2) is 0 Å². The summed E-state index contributed by atoms with van der Waals surface area (Å²) in [5.41, 5.74) is 2.02. The van der Waals surface area contributed by atoms with Gasteiger partial charge in [-0.05, 0) is 23.6 Å². The van der Waals surface area contributed by atoms with Crippen molar-refractivity contribution in [3.05, 3.63) is 50.2 Å². The van der Waals surface area contributed by atoms with Crippen LogP contribution in [0.3, 0.4) is 0 Å². The molecule has 0 bridgehead atoms. The molecule has 0 radical (unpaired) electrons. The molecule has 20 heavy (non-hydrogen) atoms.